The first-order valence-corrected chi connectivity index (χ1v) is 6.74. The Morgan fingerprint density at radius 3 is 2.67 bits per heavy atom. The van der Waals surface area contributed by atoms with Crippen molar-refractivity contribution in [2.45, 2.75) is 25.9 Å². The van der Waals surface area contributed by atoms with Crippen molar-refractivity contribution in [3.8, 4) is 0 Å². The Morgan fingerprint density at radius 2 is 2.10 bits per heavy atom. The molecule has 1 atom stereocenters. The fourth-order valence-electron chi connectivity index (χ4n) is 1.88. The van der Waals surface area contributed by atoms with Crippen LogP contribution in [0.3, 0.4) is 0 Å². The largest absolute Gasteiger partial charge is 0.465 e. The zero-order chi connectivity index (χ0) is 16.0. The van der Waals surface area contributed by atoms with E-state index in [1.54, 1.807) is 20.1 Å². The molecule has 1 rings (SSSR count). The summed E-state index contributed by atoms with van der Waals surface area (Å²) >= 11 is 0. The van der Waals surface area contributed by atoms with Crippen LogP contribution in [-0.4, -0.2) is 44.0 Å². The molecule has 0 aliphatic heterocycles. The topological polar surface area (TPSA) is 93.8 Å². The smallest absolute Gasteiger partial charge is 0.340 e. The van der Waals surface area contributed by atoms with Gasteiger partial charge in [-0.2, -0.15) is 0 Å². The minimum absolute atomic E-state index is 0.316. The van der Waals surface area contributed by atoms with Gasteiger partial charge in [0, 0.05) is 38.1 Å². The van der Waals surface area contributed by atoms with Crippen LogP contribution in [0.25, 0.3) is 0 Å². The number of anilines is 2. The maximum Gasteiger partial charge on any atom is 0.340 e. The number of nitrogens with one attached hydrogen (secondary N) is 1. The van der Waals surface area contributed by atoms with Crippen molar-refractivity contribution in [3.63, 3.8) is 0 Å². The van der Waals surface area contributed by atoms with Crippen LogP contribution in [0.5, 0.6) is 0 Å². The molecule has 0 spiro atoms. The molecule has 1 aromatic carbocycles. The molecule has 0 aromatic heterocycles. The summed E-state index contributed by atoms with van der Waals surface area (Å²) in [6, 6.07) is 3.45. The van der Waals surface area contributed by atoms with Crippen LogP contribution < -0.4 is 11.1 Å². The number of carbonyl (C=O) groups excluding carboxylic acids is 1. The second-order valence-corrected chi connectivity index (χ2v) is 5.34. The summed E-state index contributed by atoms with van der Waals surface area (Å²) in [5, 5.41) is 13.3. The van der Waals surface area contributed by atoms with Crippen molar-refractivity contribution in [2.24, 2.45) is 0 Å². The van der Waals surface area contributed by atoms with E-state index in [0.29, 0.717) is 36.5 Å². The van der Waals surface area contributed by atoms with Crippen molar-refractivity contribution >= 4 is 17.3 Å². The van der Waals surface area contributed by atoms with Gasteiger partial charge in [0.2, 0.25) is 0 Å². The van der Waals surface area contributed by atoms with Gasteiger partial charge in [0.25, 0.3) is 0 Å². The van der Waals surface area contributed by atoms with E-state index in [4.69, 9.17) is 15.2 Å². The molecule has 0 saturated carbocycles. The van der Waals surface area contributed by atoms with Gasteiger partial charge in [0.05, 0.1) is 18.3 Å². The third kappa shape index (κ3) is 4.91. The highest BCUT2D eigenvalue weighted by molar-refractivity contribution is 5.97. The van der Waals surface area contributed by atoms with Gasteiger partial charge < -0.3 is 25.6 Å². The zero-order valence-electron chi connectivity index (χ0n) is 13.0. The van der Waals surface area contributed by atoms with E-state index in [0.717, 1.165) is 5.56 Å². The SMILES string of the molecule is COCCC(C)(O)CNc1cc(C)c(N)c(C(=O)OC)c1. The third-order valence-electron chi connectivity index (χ3n) is 3.31. The lowest BCUT2D eigenvalue weighted by molar-refractivity contribution is 0.0357. The number of hydrogen-bond acceptors (Lipinski definition) is 6. The first-order chi connectivity index (χ1) is 9.80. The summed E-state index contributed by atoms with van der Waals surface area (Å²) < 4.78 is 9.68. The Labute approximate surface area is 125 Å². The molecule has 6 heteroatoms. The fourth-order valence-corrected chi connectivity index (χ4v) is 1.88. The van der Waals surface area contributed by atoms with Gasteiger partial charge in [-0.05, 0) is 31.5 Å². The highest BCUT2D eigenvalue weighted by atomic mass is 16.5. The van der Waals surface area contributed by atoms with Gasteiger partial charge in [0.15, 0.2) is 0 Å². The van der Waals surface area contributed by atoms with E-state index in [2.05, 4.69) is 5.32 Å². The van der Waals surface area contributed by atoms with Crippen molar-refractivity contribution in [1.82, 2.24) is 0 Å². The van der Waals surface area contributed by atoms with Crippen molar-refractivity contribution < 1.29 is 19.4 Å². The Balaban J connectivity index is 2.85. The summed E-state index contributed by atoms with van der Waals surface area (Å²) in [4.78, 5) is 11.7. The molecule has 0 amide bonds. The Kier molecular flexibility index (Phi) is 5.99. The number of nitrogens with two attached hydrogens (primary N) is 1. The molecule has 0 heterocycles. The van der Waals surface area contributed by atoms with Crippen LogP contribution in [0.15, 0.2) is 12.1 Å². The van der Waals surface area contributed by atoms with Crippen LogP contribution in [-0.2, 0) is 9.47 Å². The molecular formula is C15H24N2O4. The van der Waals surface area contributed by atoms with E-state index in [1.165, 1.54) is 7.11 Å². The summed E-state index contributed by atoms with van der Waals surface area (Å²) in [6.45, 7) is 4.35. The van der Waals surface area contributed by atoms with Crippen molar-refractivity contribution in [3.05, 3.63) is 23.3 Å². The van der Waals surface area contributed by atoms with Gasteiger partial charge in [-0.15, -0.1) is 0 Å². The maximum atomic E-state index is 11.7. The summed E-state index contributed by atoms with van der Waals surface area (Å²) in [7, 11) is 2.90. The number of ether oxygens (including phenoxy) is 2. The monoisotopic (exact) mass is 296 g/mol. The molecule has 0 aliphatic carbocycles. The third-order valence-corrected chi connectivity index (χ3v) is 3.31. The summed E-state index contributed by atoms with van der Waals surface area (Å²) in [5.74, 6) is -0.481. The number of nitrogen functional groups attached to an aromatic ring is 1. The molecule has 1 unspecified atom stereocenters. The van der Waals surface area contributed by atoms with Crippen LogP contribution in [0.4, 0.5) is 11.4 Å². The molecule has 0 aliphatic rings. The second-order valence-electron chi connectivity index (χ2n) is 5.34. The maximum absolute atomic E-state index is 11.7. The zero-order valence-corrected chi connectivity index (χ0v) is 13.0. The van der Waals surface area contributed by atoms with Gasteiger partial charge >= 0.3 is 5.97 Å². The number of methoxy groups -OCH3 is 2. The van der Waals surface area contributed by atoms with Crippen LogP contribution in [0, 0.1) is 6.92 Å². The molecule has 1 aromatic rings. The lowest BCUT2D eigenvalue weighted by atomic mass is 10.0. The molecule has 0 radical (unpaired) electrons. The number of aliphatic hydroxyl groups is 1. The van der Waals surface area contributed by atoms with Crippen LogP contribution in [0.2, 0.25) is 0 Å². The van der Waals surface area contributed by atoms with E-state index in [1.807, 2.05) is 13.0 Å². The van der Waals surface area contributed by atoms with Crippen molar-refractivity contribution in [2.75, 3.05) is 38.4 Å². The van der Waals surface area contributed by atoms with E-state index in [9.17, 15) is 9.90 Å². The lowest BCUT2D eigenvalue weighted by Crippen LogP contribution is -2.34. The van der Waals surface area contributed by atoms with Gasteiger partial charge in [-0.25, -0.2) is 4.79 Å². The predicted molar refractivity (Wildman–Crippen MR) is 82.5 cm³/mol. The van der Waals surface area contributed by atoms with Crippen LogP contribution >= 0.6 is 0 Å². The highest BCUT2D eigenvalue weighted by Crippen LogP contribution is 2.24. The normalized spacial score (nSPS) is 13.6. The van der Waals surface area contributed by atoms with E-state index < -0.39 is 11.6 Å². The van der Waals surface area contributed by atoms with Crippen LogP contribution in [0.1, 0.15) is 29.3 Å². The second kappa shape index (κ2) is 7.28. The standard InChI is InChI=1S/C15H24N2O4/c1-10-7-11(8-12(13(10)16)14(18)21-4)17-9-15(2,19)5-6-20-3/h7-8,17,19H,5-6,9,16H2,1-4H3. The number of benzene rings is 1. The molecule has 21 heavy (non-hydrogen) atoms. The minimum atomic E-state index is -0.906. The summed E-state index contributed by atoms with van der Waals surface area (Å²) in [5.41, 5.74) is 7.18. The van der Waals surface area contributed by atoms with Gasteiger partial charge in [-0.3, -0.25) is 0 Å². The number of esters is 1. The number of rotatable bonds is 7. The lowest BCUT2D eigenvalue weighted by Gasteiger charge is -2.24. The number of hydrogen-bond donors (Lipinski definition) is 3. The van der Waals surface area contributed by atoms with Gasteiger partial charge in [0.1, 0.15) is 0 Å². The average Bonchev–Trinajstić information content (AvgIpc) is 2.45. The van der Waals surface area contributed by atoms with E-state index >= 15 is 0 Å². The molecule has 4 N–H and O–H groups in total. The molecule has 6 nitrogen and oxygen atoms in total. The minimum Gasteiger partial charge on any atom is -0.465 e. The quantitative estimate of drug-likeness (QED) is 0.522. The average molecular weight is 296 g/mol. The number of aryl methyl sites for hydroxylation is 1. The highest BCUT2D eigenvalue weighted by Gasteiger charge is 2.20. The molecule has 118 valence electrons. The Bertz CT molecular complexity index is 501. The number of carbonyl (C=O) groups is 1. The first-order valence-electron chi connectivity index (χ1n) is 6.74. The van der Waals surface area contributed by atoms with Crippen molar-refractivity contribution in [1.29, 1.82) is 0 Å². The Hall–Kier alpha value is -1.79. The molecule has 0 fully saturated rings. The fraction of sp³-hybridized carbons (Fsp3) is 0.533. The molecule has 0 bridgehead atoms. The van der Waals surface area contributed by atoms with E-state index in [-0.39, 0.29) is 0 Å². The molecular weight excluding hydrogens is 272 g/mol. The van der Waals surface area contributed by atoms with Gasteiger partial charge in [-0.1, -0.05) is 0 Å². The molecule has 0 saturated heterocycles. The predicted octanol–water partition coefficient (Wildman–Crippen LogP) is 1.56. The Morgan fingerprint density at radius 1 is 1.43 bits per heavy atom. The summed E-state index contributed by atoms with van der Waals surface area (Å²) in [6.07, 6.45) is 0.508. The first kappa shape index (κ1) is 17.3.